The molecule has 0 saturated heterocycles. The second-order valence-corrected chi connectivity index (χ2v) is 7.26. The van der Waals surface area contributed by atoms with Crippen molar-refractivity contribution in [3.05, 3.63) is 66.5 Å². The van der Waals surface area contributed by atoms with E-state index in [1.54, 1.807) is 48.1 Å². The number of carbonyl (C=O) groups is 2. The summed E-state index contributed by atoms with van der Waals surface area (Å²) in [5.41, 5.74) is 2.86. The normalized spacial score (nSPS) is 10.7. The second-order valence-electron chi connectivity index (χ2n) is 6.32. The van der Waals surface area contributed by atoms with Gasteiger partial charge in [0.1, 0.15) is 0 Å². The highest BCUT2D eigenvalue weighted by molar-refractivity contribution is 7.99. The summed E-state index contributed by atoms with van der Waals surface area (Å²) in [5, 5.41) is 16.0. The number of esters is 1. The molecule has 1 amide bonds. The van der Waals surface area contributed by atoms with E-state index in [1.807, 2.05) is 24.3 Å². The number of para-hydroxylation sites is 1. The van der Waals surface area contributed by atoms with Gasteiger partial charge in [-0.2, -0.15) is 9.61 Å². The van der Waals surface area contributed by atoms with E-state index in [9.17, 15) is 9.59 Å². The molecule has 3 heterocycles. The van der Waals surface area contributed by atoms with E-state index >= 15 is 0 Å². The molecule has 0 unspecified atom stereocenters. The minimum absolute atomic E-state index is 0.0662. The number of benzene rings is 1. The lowest BCUT2D eigenvalue weighted by atomic mass is 10.2. The molecule has 1 aromatic carbocycles. The molecule has 0 atom stereocenters. The van der Waals surface area contributed by atoms with Crippen LogP contribution >= 0.6 is 11.8 Å². The second kappa shape index (κ2) is 9.35. The van der Waals surface area contributed by atoms with Crippen molar-refractivity contribution in [1.29, 1.82) is 0 Å². The molecule has 0 aliphatic heterocycles. The fourth-order valence-corrected chi connectivity index (χ4v) is 3.51. The van der Waals surface area contributed by atoms with Crippen molar-refractivity contribution in [3.63, 3.8) is 0 Å². The first-order valence-corrected chi connectivity index (χ1v) is 10.5. The zero-order valence-corrected chi connectivity index (χ0v) is 17.4. The number of carbonyl (C=O) groups excluding carboxylic acids is 2. The Morgan fingerprint density at radius 2 is 1.97 bits per heavy atom. The molecule has 0 aliphatic carbocycles. The van der Waals surface area contributed by atoms with Crippen molar-refractivity contribution in [2.24, 2.45) is 0 Å². The quantitative estimate of drug-likeness (QED) is 0.349. The molecule has 4 rings (SSSR count). The van der Waals surface area contributed by atoms with Crippen LogP contribution in [0.4, 0.5) is 5.69 Å². The molecule has 31 heavy (non-hydrogen) atoms. The molecule has 0 fully saturated rings. The summed E-state index contributed by atoms with van der Waals surface area (Å²) in [6.07, 6.45) is 3.42. The molecule has 3 aromatic heterocycles. The van der Waals surface area contributed by atoms with E-state index < -0.39 is 5.97 Å². The minimum Gasteiger partial charge on any atom is -0.462 e. The van der Waals surface area contributed by atoms with E-state index in [2.05, 4.69) is 25.6 Å². The third-order valence-electron chi connectivity index (χ3n) is 4.22. The first-order valence-electron chi connectivity index (χ1n) is 9.47. The molecular formula is C21H18N6O3S. The van der Waals surface area contributed by atoms with Crippen LogP contribution in [0.25, 0.3) is 16.9 Å². The lowest BCUT2D eigenvalue weighted by Gasteiger charge is -2.10. The van der Waals surface area contributed by atoms with E-state index in [1.165, 1.54) is 11.8 Å². The number of amides is 1. The van der Waals surface area contributed by atoms with Crippen molar-refractivity contribution in [3.8, 4) is 11.3 Å². The number of fused-ring (bicyclic) bond motifs is 1. The molecule has 0 bridgehead atoms. The molecule has 4 aromatic rings. The highest BCUT2D eigenvalue weighted by Gasteiger charge is 2.16. The van der Waals surface area contributed by atoms with Gasteiger partial charge in [0.05, 0.1) is 29.3 Å². The first-order chi connectivity index (χ1) is 15.2. The molecule has 0 radical (unpaired) electrons. The van der Waals surface area contributed by atoms with Gasteiger partial charge in [-0.25, -0.2) is 4.79 Å². The fraction of sp³-hybridized carbons (Fsp3) is 0.143. The number of aromatic nitrogens is 5. The number of thioether (sulfide) groups is 1. The average Bonchev–Trinajstić information content (AvgIpc) is 3.21. The molecule has 1 N–H and O–H groups in total. The maximum absolute atomic E-state index is 12.5. The van der Waals surface area contributed by atoms with Gasteiger partial charge in [-0.15, -0.1) is 10.2 Å². The van der Waals surface area contributed by atoms with Gasteiger partial charge in [-0.3, -0.25) is 9.78 Å². The fourth-order valence-electron chi connectivity index (χ4n) is 2.82. The van der Waals surface area contributed by atoms with Crippen molar-refractivity contribution in [2.75, 3.05) is 17.7 Å². The maximum atomic E-state index is 12.5. The standard InChI is InChI=1S/C21H18N6O3S/c1-2-30-20(29)15-7-3-4-8-17(15)23-19(28)13-31-21-25-24-18-10-9-16(26-27(18)21)14-6-5-11-22-12-14/h3-12H,2,13H2,1H3,(H,23,28). The van der Waals surface area contributed by atoms with Crippen LogP contribution < -0.4 is 5.32 Å². The van der Waals surface area contributed by atoms with Crippen molar-refractivity contribution < 1.29 is 14.3 Å². The van der Waals surface area contributed by atoms with E-state index in [0.717, 1.165) is 11.3 Å². The number of nitrogens with one attached hydrogen (secondary N) is 1. The lowest BCUT2D eigenvalue weighted by Crippen LogP contribution is -2.17. The predicted octanol–water partition coefficient (Wildman–Crippen LogP) is 3.09. The van der Waals surface area contributed by atoms with Gasteiger partial charge >= 0.3 is 5.97 Å². The molecule has 0 saturated carbocycles. The summed E-state index contributed by atoms with van der Waals surface area (Å²) >= 11 is 1.20. The largest absolute Gasteiger partial charge is 0.462 e. The molecule has 9 nitrogen and oxygen atoms in total. The number of ether oxygens (including phenoxy) is 1. The average molecular weight is 434 g/mol. The Bertz CT molecular complexity index is 1230. The third-order valence-corrected chi connectivity index (χ3v) is 5.14. The van der Waals surface area contributed by atoms with Gasteiger partial charge in [0, 0.05) is 18.0 Å². The maximum Gasteiger partial charge on any atom is 0.340 e. The number of rotatable bonds is 7. The molecule has 10 heteroatoms. The number of hydrogen-bond acceptors (Lipinski definition) is 8. The van der Waals surface area contributed by atoms with Crippen LogP contribution in [-0.4, -0.2) is 49.0 Å². The topological polar surface area (TPSA) is 111 Å². The van der Waals surface area contributed by atoms with Gasteiger partial charge in [0.2, 0.25) is 11.1 Å². The highest BCUT2D eigenvalue weighted by Crippen LogP contribution is 2.21. The van der Waals surface area contributed by atoms with Gasteiger partial charge < -0.3 is 10.1 Å². The third kappa shape index (κ3) is 4.69. The Labute approximate surface area is 181 Å². The monoisotopic (exact) mass is 434 g/mol. The Morgan fingerprint density at radius 3 is 2.77 bits per heavy atom. The SMILES string of the molecule is CCOC(=O)c1ccccc1NC(=O)CSc1nnc2ccc(-c3cccnc3)nn12. The zero-order valence-electron chi connectivity index (χ0n) is 16.6. The Hall–Kier alpha value is -3.79. The van der Waals surface area contributed by atoms with Crippen molar-refractivity contribution in [1.82, 2.24) is 24.8 Å². The molecule has 0 spiro atoms. The lowest BCUT2D eigenvalue weighted by molar-refractivity contribution is -0.113. The summed E-state index contributed by atoms with van der Waals surface area (Å²) in [5.74, 6) is -0.708. The van der Waals surface area contributed by atoms with Gasteiger partial charge in [0.15, 0.2) is 5.65 Å². The minimum atomic E-state index is -0.485. The van der Waals surface area contributed by atoms with Crippen LogP contribution in [0.3, 0.4) is 0 Å². The first kappa shape index (κ1) is 20.5. The number of pyridine rings is 1. The predicted molar refractivity (Wildman–Crippen MR) is 116 cm³/mol. The summed E-state index contributed by atoms with van der Waals surface area (Å²) in [6.45, 7) is 1.98. The number of hydrogen-bond donors (Lipinski definition) is 1. The highest BCUT2D eigenvalue weighted by atomic mass is 32.2. The molecular weight excluding hydrogens is 416 g/mol. The summed E-state index contributed by atoms with van der Waals surface area (Å²) in [7, 11) is 0. The zero-order chi connectivity index (χ0) is 21.6. The van der Waals surface area contributed by atoms with E-state index in [4.69, 9.17) is 4.74 Å². The summed E-state index contributed by atoms with van der Waals surface area (Å²) < 4.78 is 6.63. The van der Waals surface area contributed by atoms with Crippen LogP contribution in [0.5, 0.6) is 0 Å². The Kier molecular flexibility index (Phi) is 6.18. The Balaban J connectivity index is 1.47. The van der Waals surface area contributed by atoms with Crippen LogP contribution in [0.15, 0.2) is 66.1 Å². The van der Waals surface area contributed by atoms with Crippen LogP contribution in [0, 0.1) is 0 Å². The number of anilines is 1. The van der Waals surface area contributed by atoms with E-state index in [0.29, 0.717) is 22.1 Å². The van der Waals surface area contributed by atoms with Crippen LogP contribution in [0.1, 0.15) is 17.3 Å². The molecule has 156 valence electrons. The number of nitrogens with zero attached hydrogens (tertiary/aromatic N) is 5. The van der Waals surface area contributed by atoms with Gasteiger partial charge in [0.25, 0.3) is 0 Å². The van der Waals surface area contributed by atoms with Crippen LogP contribution in [0.2, 0.25) is 0 Å². The van der Waals surface area contributed by atoms with Gasteiger partial charge in [-0.05, 0) is 43.3 Å². The summed E-state index contributed by atoms with van der Waals surface area (Å²) in [4.78, 5) is 28.7. The summed E-state index contributed by atoms with van der Waals surface area (Å²) in [6, 6.07) is 14.1. The van der Waals surface area contributed by atoms with E-state index in [-0.39, 0.29) is 18.3 Å². The smallest absolute Gasteiger partial charge is 0.340 e. The van der Waals surface area contributed by atoms with Crippen molar-refractivity contribution in [2.45, 2.75) is 12.1 Å². The Morgan fingerprint density at radius 1 is 1.10 bits per heavy atom. The van der Waals surface area contributed by atoms with Crippen molar-refractivity contribution >= 4 is 35.0 Å². The molecule has 0 aliphatic rings. The van der Waals surface area contributed by atoms with Gasteiger partial charge in [-0.1, -0.05) is 23.9 Å². The van der Waals surface area contributed by atoms with Crippen LogP contribution in [-0.2, 0) is 9.53 Å².